The van der Waals surface area contributed by atoms with E-state index >= 15 is 0 Å². The predicted octanol–water partition coefficient (Wildman–Crippen LogP) is 2.25. The average molecular weight is 234 g/mol. The smallest absolute Gasteiger partial charge is 0.185 e. The number of rotatable bonds is 7. The molecular weight excluding hydrogens is 206 g/mol. The van der Waals surface area contributed by atoms with E-state index in [1.165, 1.54) is 19.3 Å². The Morgan fingerprint density at radius 1 is 1.29 bits per heavy atom. The van der Waals surface area contributed by atoms with E-state index < -0.39 is 8.32 Å². The van der Waals surface area contributed by atoms with Crippen molar-refractivity contribution in [2.75, 3.05) is 0 Å². The number of hydrogen-bond acceptors (Lipinski definition) is 2. The zero-order valence-corrected chi connectivity index (χ0v) is 12.9. The summed E-state index contributed by atoms with van der Waals surface area (Å²) in [5.41, 5.74) is 6.30. The Balaban J connectivity index is 4.04. The minimum atomic E-state index is -1.46. The molecule has 0 fully saturated rings. The molecule has 0 aromatic carbocycles. The van der Waals surface area contributed by atoms with Gasteiger partial charge in [0, 0.05) is 0 Å². The zero-order chi connectivity index (χ0) is 11.2. The van der Waals surface area contributed by atoms with E-state index in [1.807, 2.05) is 0 Å². The summed E-state index contributed by atoms with van der Waals surface area (Å²) in [4.78, 5) is 0. The molecule has 0 aliphatic heterocycles. The summed E-state index contributed by atoms with van der Waals surface area (Å²) < 4.78 is 6.10. The van der Waals surface area contributed by atoms with Crippen molar-refractivity contribution in [1.82, 2.24) is 0 Å². The topological polar surface area (TPSA) is 35.2 Å². The first kappa shape index (κ1) is 14.4. The van der Waals surface area contributed by atoms with Crippen LogP contribution in [-0.2, 0) is 4.43 Å². The lowest BCUT2D eigenvalue weighted by Crippen LogP contribution is -2.53. The van der Waals surface area contributed by atoms with Crippen LogP contribution in [0.4, 0.5) is 0 Å². The molecule has 1 unspecified atom stereocenters. The maximum absolute atomic E-state index is 6.30. The molecule has 1 atom stereocenters. The SMILES string of the molecule is CCCCCC(N)(O[Si](C)(C)C)[SiH2]C. The van der Waals surface area contributed by atoms with Crippen LogP contribution in [0.25, 0.3) is 0 Å². The fourth-order valence-corrected chi connectivity index (χ4v) is 5.39. The van der Waals surface area contributed by atoms with Crippen molar-refractivity contribution in [2.45, 2.75) is 64.1 Å². The summed E-state index contributed by atoms with van der Waals surface area (Å²) in [6.45, 7) is 11.1. The van der Waals surface area contributed by atoms with E-state index in [0.29, 0.717) is 0 Å². The molecule has 0 saturated heterocycles. The Kier molecular flexibility index (Phi) is 6.20. The van der Waals surface area contributed by atoms with Crippen molar-refractivity contribution in [2.24, 2.45) is 5.73 Å². The quantitative estimate of drug-likeness (QED) is 0.416. The van der Waals surface area contributed by atoms with Crippen molar-refractivity contribution < 1.29 is 4.43 Å². The Bertz CT molecular complexity index is 159. The minimum absolute atomic E-state index is 0.223. The van der Waals surface area contributed by atoms with Crippen LogP contribution in [0.15, 0.2) is 0 Å². The van der Waals surface area contributed by atoms with Crippen molar-refractivity contribution in [3.05, 3.63) is 0 Å². The van der Waals surface area contributed by atoms with E-state index in [1.54, 1.807) is 0 Å². The number of hydrogen-bond donors (Lipinski definition) is 1. The molecule has 2 N–H and O–H groups in total. The highest BCUT2D eigenvalue weighted by molar-refractivity contribution is 6.70. The highest BCUT2D eigenvalue weighted by Crippen LogP contribution is 2.18. The first-order valence-electron chi connectivity index (χ1n) is 5.82. The average Bonchev–Trinajstić information content (AvgIpc) is 2.02. The van der Waals surface area contributed by atoms with Gasteiger partial charge in [-0.1, -0.05) is 26.3 Å². The van der Waals surface area contributed by atoms with Gasteiger partial charge in [0.15, 0.2) is 8.32 Å². The molecule has 0 rings (SSSR count). The maximum Gasteiger partial charge on any atom is 0.185 e. The first-order chi connectivity index (χ1) is 6.33. The van der Waals surface area contributed by atoms with Crippen LogP contribution in [0.2, 0.25) is 26.2 Å². The predicted molar refractivity (Wildman–Crippen MR) is 69.9 cm³/mol. The molecule has 0 radical (unpaired) electrons. The molecule has 0 aliphatic carbocycles. The second-order valence-electron chi connectivity index (χ2n) is 5.09. The van der Waals surface area contributed by atoms with Gasteiger partial charge in [-0.3, -0.25) is 0 Å². The molecule has 2 nitrogen and oxygen atoms in total. The molecule has 0 bridgehead atoms. The Morgan fingerprint density at radius 2 is 1.86 bits per heavy atom. The number of nitrogens with two attached hydrogens (primary N) is 1. The van der Waals surface area contributed by atoms with Gasteiger partial charge >= 0.3 is 0 Å². The second kappa shape index (κ2) is 6.05. The van der Waals surface area contributed by atoms with Crippen molar-refractivity contribution >= 4 is 17.8 Å². The Morgan fingerprint density at radius 3 is 2.21 bits per heavy atom. The van der Waals surface area contributed by atoms with Crippen molar-refractivity contribution in [3.8, 4) is 0 Å². The monoisotopic (exact) mass is 233 g/mol. The van der Waals surface area contributed by atoms with Crippen molar-refractivity contribution in [1.29, 1.82) is 0 Å². The van der Waals surface area contributed by atoms with Gasteiger partial charge in [0.1, 0.15) is 0 Å². The molecule has 0 amide bonds. The van der Waals surface area contributed by atoms with Crippen LogP contribution in [0.1, 0.15) is 32.6 Å². The van der Waals surface area contributed by atoms with Gasteiger partial charge in [0.2, 0.25) is 0 Å². The minimum Gasteiger partial charge on any atom is -0.404 e. The standard InChI is InChI=1S/C10H27NOSi2/c1-6-7-8-9-10(11,13-2)12-14(3,4)5/h6-9,11,13H2,1-5H3. The van der Waals surface area contributed by atoms with Gasteiger partial charge in [0.05, 0.1) is 14.9 Å². The molecule has 14 heavy (non-hydrogen) atoms. The molecule has 0 aliphatic rings. The van der Waals surface area contributed by atoms with Gasteiger partial charge in [-0.25, -0.2) is 0 Å². The zero-order valence-electron chi connectivity index (χ0n) is 10.5. The third-order valence-electron chi connectivity index (χ3n) is 2.31. The summed E-state index contributed by atoms with van der Waals surface area (Å²) in [5, 5.41) is -0.223. The summed E-state index contributed by atoms with van der Waals surface area (Å²) in [7, 11) is -1.75. The molecule has 86 valence electrons. The highest BCUT2D eigenvalue weighted by Gasteiger charge is 2.29. The fourth-order valence-electron chi connectivity index (χ4n) is 1.58. The molecule has 4 heteroatoms. The fraction of sp³-hybridized carbons (Fsp3) is 1.00. The molecule has 0 aromatic heterocycles. The summed E-state index contributed by atoms with van der Waals surface area (Å²) in [6.07, 6.45) is 4.82. The van der Waals surface area contributed by atoms with E-state index in [9.17, 15) is 0 Å². The van der Waals surface area contributed by atoms with Gasteiger partial charge in [-0.2, -0.15) is 0 Å². The van der Waals surface area contributed by atoms with Crippen LogP contribution in [0, 0.1) is 0 Å². The summed E-state index contributed by atoms with van der Waals surface area (Å²) in [6, 6.07) is 0. The van der Waals surface area contributed by atoms with Crippen LogP contribution >= 0.6 is 0 Å². The summed E-state index contributed by atoms with van der Waals surface area (Å²) >= 11 is 0. The Hall–Kier alpha value is 0.354. The van der Waals surface area contributed by atoms with E-state index in [4.69, 9.17) is 10.2 Å². The maximum atomic E-state index is 6.30. The van der Waals surface area contributed by atoms with Crippen LogP contribution in [-0.4, -0.2) is 23.2 Å². The molecule has 0 spiro atoms. The highest BCUT2D eigenvalue weighted by atomic mass is 28.4. The molecule has 0 heterocycles. The van der Waals surface area contributed by atoms with Crippen LogP contribution in [0.3, 0.4) is 0 Å². The third-order valence-corrected chi connectivity index (χ3v) is 5.31. The normalized spacial score (nSPS) is 17.6. The molecular formula is C10H27NOSi2. The third kappa shape index (κ3) is 6.76. The van der Waals surface area contributed by atoms with Gasteiger partial charge in [-0.05, 0) is 32.5 Å². The van der Waals surface area contributed by atoms with Gasteiger partial charge in [0.25, 0.3) is 0 Å². The van der Waals surface area contributed by atoms with Crippen LogP contribution in [0.5, 0.6) is 0 Å². The number of unbranched alkanes of at least 4 members (excludes halogenated alkanes) is 2. The van der Waals surface area contributed by atoms with E-state index in [-0.39, 0.29) is 14.9 Å². The summed E-state index contributed by atoms with van der Waals surface area (Å²) in [5.74, 6) is 0. The van der Waals surface area contributed by atoms with Gasteiger partial charge < -0.3 is 10.2 Å². The van der Waals surface area contributed by atoms with E-state index in [2.05, 4.69) is 33.1 Å². The molecule has 0 aromatic rings. The van der Waals surface area contributed by atoms with Crippen LogP contribution < -0.4 is 5.73 Å². The van der Waals surface area contributed by atoms with E-state index in [0.717, 1.165) is 6.42 Å². The lowest BCUT2D eigenvalue weighted by molar-refractivity contribution is 0.138. The second-order valence-corrected chi connectivity index (χ2v) is 11.4. The lowest BCUT2D eigenvalue weighted by atomic mass is 10.2. The van der Waals surface area contributed by atoms with Gasteiger partial charge in [-0.15, -0.1) is 0 Å². The first-order valence-corrected chi connectivity index (χ1v) is 11.3. The Labute approximate surface area is 92.6 Å². The lowest BCUT2D eigenvalue weighted by Gasteiger charge is -2.35. The molecule has 0 saturated carbocycles. The van der Waals surface area contributed by atoms with Crippen molar-refractivity contribution in [3.63, 3.8) is 0 Å². The largest absolute Gasteiger partial charge is 0.404 e.